The molecule has 32 heavy (non-hydrogen) atoms. The maximum Gasteiger partial charge on any atom is 0.154 e. The van der Waals surface area contributed by atoms with Crippen molar-refractivity contribution in [3.05, 3.63) is 41.2 Å². The number of nitrogens with zero attached hydrogens (tertiary/aromatic N) is 2. The zero-order valence-corrected chi connectivity index (χ0v) is 21.6. The molecule has 1 aliphatic rings. The highest BCUT2D eigenvalue weighted by Crippen LogP contribution is 2.29. The molecule has 1 heterocycles. The van der Waals surface area contributed by atoms with Crippen molar-refractivity contribution < 1.29 is 9.53 Å². The molecule has 0 amide bonds. The Morgan fingerprint density at radius 2 is 1.81 bits per heavy atom. The highest BCUT2D eigenvalue weighted by molar-refractivity contribution is 6.76. The van der Waals surface area contributed by atoms with Crippen molar-refractivity contribution in [3.8, 4) is 11.1 Å². The van der Waals surface area contributed by atoms with Crippen LogP contribution in [0.1, 0.15) is 49.1 Å². The smallest absolute Gasteiger partial charge is 0.154 e. The van der Waals surface area contributed by atoms with Gasteiger partial charge in [-0.25, -0.2) is 4.68 Å². The minimum absolute atomic E-state index is 0.167. The monoisotopic (exact) mass is 455 g/mol. The van der Waals surface area contributed by atoms with Gasteiger partial charge in [0.05, 0.1) is 11.7 Å². The van der Waals surface area contributed by atoms with Crippen LogP contribution in [0.4, 0.5) is 0 Å². The predicted molar refractivity (Wildman–Crippen MR) is 135 cm³/mol. The molecule has 0 spiro atoms. The second-order valence-corrected chi connectivity index (χ2v) is 16.3. The Balaban J connectivity index is 1.61. The van der Waals surface area contributed by atoms with Crippen molar-refractivity contribution >= 4 is 13.9 Å². The van der Waals surface area contributed by atoms with Gasteiger partial charge < -0.3 is 10.5 Å². The number of Topliss-reactive ketones (excluding diaryl/α,β-unsaturated/α-hetero) is 1. The molecular formula is C26H41N3O2Si. The van der Waals surface area contributed by atoms with Gasteiger partial charge in [-0.3, -0.25) is 4.79 Å². The number of hydrogen-bond donors (Lipinski definition) is 1. The van der Waals surface area contributed by atoms with Gasteiger partial charge in [0.1, 0.15) is 6.73 Å². The van der Waals surface area contributed by atoms with Gasteiger partial charge in [-0.15, -0.1) is 0 Å². The fourth-order valence-corrected chi connectivity index (χ4v) is 5.39. The van der Waals surface area contributed by atoms with Gasteiger partial charge in [-0.1, -0.05) is 63.2 Å². The quantitative estimate of drug-likeness (QED) is 0.379. The van der Waals surface area contributed by atoms with Crippen LogP contribution in [0.2, 0.25) is 25.7 Å². The molecule has 2 aromatic rings. The van der Waals surface area contributed by atoms with Crippen LogP contribution in [-0.2, 0) is 22.7 Å². The zero-order chi connectivity index (χ0) is 23.3. The van der Waals surface area contributed by atoms with E-state index in [1.807, 2.05) is 11.6 Å². The van der Waals surface area contributed by atoms with E-state index in [4.69, 9.17) is 15.6 Å². The summed E-state index contributed by atoms with van der Waals surface area (Å²) in [7, 11) is -1.09. The molecule has 0 saturated heterocycles. The summed E-state index contributed by atoms with van der Waals surface area (Å²) in [6.45, 7) is 12.5. The third kappa shape index (κ3) is 6.62. The molecule has 1 aliphatic carbocycles. The Morgan fingerprint density at radius 3 is 2.44 bits per heavy atom. The lowest BCUT2D eigenvalue weighted by molar-refractivity contribution is -0.121. The lowest BCUT2D eigenvalue weighted by Crippen LogP contribution is -2.40. The summed E-state index contributed by atoms with van der Waals surface area (Å²) in [4.78, 5) is 12.7. The largest absolute Gasteiger partial charge is 0.360 e. The van der Waals surface area contributed by atoms with Crippen LogP contribution in [-0.4, -0.2) is 36.3 Å². The van der Waals surface area contributed by atoms with Crippen LogP contribution in [0.3, 0.4) is 0 Å². The van der Waals surface area contributed by atoms with Crippen molar-refractivity contribution in [2.24, 2.45) is 11.7 Å². The van der Waals surface area contributed by atoms with E-state index in [1.165, 1.54) is 19.3 Å². The molecule has 1 atom stereocenters. The maximum atomic E-state index is 12.7. The molecule has 1 saturated carbocycles. The van der Waals surface area contributed by atoms with E-state index in [0.717, 1.165) is 53.6 Å². The number of benzene rings is 1. The number of ketones is 1. The standard InChI is InChI=1S/C26H41N3O2Si/c1-19-25(20(2)29(28-19)18-31-15-16-32(3,4)5)22-13-11-21(12-14-22)17-24(30)26(27)23-9-7-6-8-10-23/h11-14,23,26H,6-10,15-18,27H2,1-5H3/t26-/m0/s1. The molecule has 1 aromatic carbocycles. The summed E-state index contributed by atoms with van der Waals surface area (Å²) in [5.41, 5.74) is 11.7. The summed E-state index contributed by atoms with van der Waals surface area (Å²) >= 11 is 0. The number of ether oxygens (including phenoxy) is 1. The zero-order valence-electron chi connectivity index (χ0n) is 20.6. The van der Waals surface area contributed by atoms with Gasteiger partial charge >= 0.3 is 0 Å². The van der Waals surface area contributed by atoms with Gasteiger partial charge in [0.15, 0.2) is 5.78 Å². The summed E-state index contributed by atoms with van der Waals surface area (Å²) in [5.74, 6) is 0.528. The van der Waals surface area contributed by atoms with E-state index >= 15 is 0 Å². The Hall–Kier alpha value is -1.76. The Bertz CT molecular complexity index is 893. The van der Waals surface area contributed by atoms with Crippen LogP contribution >= 0.6 is 0 Å². The molecule has 3 rings (SSSR count). The predicted octanol–water partition coefficient (Wildman–Crippen LogP) is 5.50. The summed E-state index contributed by atoms with van der Waals surface area (Å²) in [5, 5.41) is 4.70. The van der Waals surface area contributed by atoms with E-state index in [0.29, 0.717) is 19.1 Å². The fraction of sp³-hybridized carbons (Fsp3) is 0.615. The molecule has 176 valence electrons. The fourth-order valence-electron chi connectivity index (χ4n) is 4.63. The third-order valence-corrected chi connectivity index (χ3v) is 8.45. The first kappa shape index (κ1) is 24.9. The summed E-state index contributed by atoms with van der Waals surface area (Å²) in [6.07, 6.45) is 6.29. The maximum absolute atomic E-state index is 12.7. The van der Waals surface area contributed by atoms with Gasteiger partial charge in [0.2, 0.25) is 0 Å². The van der Waals surface area contributed by atoms with E-state index in [1.54, 1.807) is 0 Å². The van der Waals surface area contributed by atoms with Crippen LogP contribution in [0, 0.1) is 19.8 Å². The summed E-state index contributed by atoms with van der Waals surface area (Å²) < 4.78 is 7.86. The Kier molecular flexibility index (Phi) is 8.47. The molecule has 6 heteroatoms. The number of aryl methyl sites for hydroxylation is 1. The van der Waals surface area contributed by atoms with Crippen molar-refractivity contribution in [2.45, 2.75) is 90.8 Å². The topological polar surface area (TPSA) is 70.1 Å². The molecule has 1 aromatic heterocycles. The number of carbonyl (C=O) groups is 1. The number of nitrogens with two attached hydrogens (primary N) is 1. The van der Waals surface area contributed by atoms with Gasteiger partial charge in [0, 0.05) is 32.4 Å². The SMILES string of the molecule is Cc1nn(COCC[Si](C)(C)C)c(C)c1-c1ccc(CC(=O)[C@@H](N)C2CCCCC2)cc1. The van der Waals surface area contributed by atoms with E-state index < -0.39 is 8.07 Å². The van der Waals surface area contributed by atoms with E-state index in [2.05, 4.69) is 50.8 Å². The second-order valence-electron chi connectivity index (χ2n) is 10.7. The second kappa shape index (κ2) is 10.9. The van der Waals surface area contributed by atoms with Gasteiger partial charge in [-0.2, -0.15) is 5.10 Å². The van der Waals surface area contributed by atoms with Crippen molar-refractivity contribution in [2.75, 3.05) is 6.61 Å². The van der Waals surface area contributed by atoms with Gasteiger partial charge in [0.25, 0.3) is 0 Å². The van der Waals surface area contributed by atoms with Crippen LogP contribution in [0.25, 0.3) is 11.1 Å². The Labute approximate surface area is 194 Å². The lowest BCUT2D eigenvalue weighted by Gasteiger charge is -2.26. The lowest BCUT2D eigenvalue weighted by atomic mass is 9.81. The minimum atomic E-state index is -1.09. The van der Waals surface area contributed by atoms with Crippen LogP contribution in [0.15, 0.2) is 24.3 Å². The van der Waals surface area contributed by atoms with Crippen LogP contribution in [0.5, 0.6) is 0 Å². The summed E-state index contributed by atoms with van der Waals surface area (Å²) in [6, 6.07) is 9.15. The first-order chi connectivity index (χ1) is 15.2. The number of hydrogen-bond acceptors (Lipinski definition) is 4. The first-order valence-electron chi connectivity index (χ1n) is 12.1. The minimum Gasteiger partial charge on any atom is -0.360 e. The first-order valence-corrected chi connectivity index (χ1v) is 15.9. The average molecular weight is 456 g/mol. The van der Waals surface area contributed by atoms with Gasteiger partial charge in [-0.05, 0) is 49.8 Å². The molecule has 0 aliphatic heterocycles. The molecule has 0 bridgehead atoms. The average Bonchev–Trinajstić information content (AvgIpc) is 3.04. The van der Waals surface area contributed by atoms with Crippen LogP contribution < -0.4 is 5.73 Å². The van der Waals surface area contributed by atoms with Crippen molar-refractivity contribution in [3.63, 3.8) is 0 Å². The van der Waals surface area contributed by atoms with Crippen molar-refractivity contribution in [1.29, 1.82) is 0 Å². The molecular weight excluding hydrogens is 414 g/mol. The van der Waals surface area contributed by atoms with Crippen molar-refractivity contribution in [1.82, 2.24) is 9.78 Å². The number of carbonyl (C=O) groups excluding carboxylic acids is 1. The molecule has 0 radical (unpaired) electrons. The normalized spacial score (nSPS) is 16.3. The molecule has 0 unspecified atom stereocenters. The molecule has 1 fully saturated rings. The molecule has 2 N–H and O–H groups in total. The highest BCUT2D eigenvalue weighted by atomic mass is 28.3. The number of rotatable bonds is 10. The highest BCUT2D eigenvalue weighted by Gasteiger charge is 2.26. The number of aromatic nitrogens is 2. The van der Waals surface area contributed by atoms with E-state index in [-0.39, 0.29) is 11.8 Å². The Morgan fingerprint density at radius 1 is 1.16 bits per heavy atom. The molecule has 5 nitrogen and oxygen atoms in total. The third-order valence-electron chi connectivity index (χ3n) is 6.74. The van der Waals surface area contributed by atoms with E-state index in [9.17, 15) is 4.79 Å².